The molecule has 0 aliphatic carbocycles. The van der Waals surface area contributed by atoms with E-state index in [0.717, 1.165) is 0 Å². The highest BCUT2D eigenvalue weighted by Gasteiger charge is 2.28. The lowest BCUT2D eigenvalue weighted by atomic mass is 10.1. The van der Waals surface area contributed by atoms with Crippen LogP contribution in [0.3, 0.4) is 0 Å². The van der Waals surface area contributed by atoms with Gasteiger partial charge in [0.2, 0.25) is 0 Å². The molecule has 0 bridgehead atoms. The van der Waals surface area contributed by atoms with Gasteiger partial charge in [0, 0.05) is 0 Å². The van der Waals surface area contributed by atoms with Crippen molar-refractivity contribution in [3.05, 3.63) is 29.8 Å². The summed E-state index contributed by atoms with van der Waals surface area (Å²) in [6.45, 7) is -1.56. The Morgan fingerprint density at radius 2 is 2.12 bits per heavy atom. The average molecular weight is 249 g/mol. The van der Waals surface area contributed by atoms with Gasteiger partial charge in [0.25, 0.3) is 0 Å². The predicted octanol–water partition coefficient (Wildman–Crippen LogP) is 1.88. The van der Waals surface area contributed by atoms with E-state index in [-0.39, 0.29) is 0 Å². The second-order valence-corrected chi connectivity index (χ2v) is 3.51. The molecule has 3 nitrogen and oxygen atoms in total. The molecule has 0 radical (unpaired) electrons. The monoisotopic (exact) mass is 249 g/mol. The lowest BCUT2D eigenvalue weighted by Gasteiger charge is -2.18. The number of benzene rings is 1. The first-order valence-corrected chi connectivity index (χ1v) is 5.01. The van der Waals surface area contributed by atoms with Crippen LogP contribution in [0.15, 0.2) is 24.3 Å². The number of aliphatic hydroxyl groups excluding tert-OH is 1. The second-order valence-electron chi connectivity index (χ2n) is 3.51. The van der Waals surface area contributed by atoms with Crippen LogP contribution in [-0.4, -0.2) is 31.5 Å². The van der Waals surface area contributed by atoms with Crippen molar-refractivity contribution in [2.45, 2.75) is 12.2 Å². The van der Waals surface area contributed by atoms with Gasteiger partial charge in [0.15, 0.2) is 0 Å². The molecule has 0 amide bonds. The van der Waals surface area contributed by atoms with Crippen LogP contribution in [0, 0.1) is 0 Å². The molecule has 1 atom stereocenters. The number of nitrogens with one attached hydrogen (secondary N) is 1. The Morgan fingerprint density at radius 1 is 1.41 bits per heavy atom. The normalized spacial score (nSPS) is 13.5. The molecule has 0 aliphatic heterocycles. The zero-order valence-corrected chi connectivity index (χ0v) is 9.29. The SMILES string of the molecule is COc1cccc(C(CO)NCC(F)(F)F)c1. The summed E-state index contributed by atoms with van der Waals surface area (Å²) in [5.74, 6) is 0.537. The van der Waals surface area contributed by atoms with Gasteiger partial charge in [-0.15, -0.1) is 0 Å². The van der Waals surface area contributed by atoms with Crippen LogP contribution < -0.4 is 10.1 Å². The summed E-state index contributed by atoms with van der Waals surface area (Å²) in [5.41, 5.74) is 0.552. The molecule has 17 heavy (non-hydrogen) atoms. The van der Waals surface area contributed by atoms with E-state index in [2.05, 4.69) is 5.32 Å². The van der Waals surface area contributed by atoms with Crippen molar-refractivity contribution in [1.82, 2.24) is 5.32 Å². The number of ether oxygens (including phenoxy) is 1. The third kappa shape index (κ3) is 4.62. The van der Waals surface area contributed by atoms with Crippen LogP contribution in [-0.2, 0) is 0 Å². The van der Waals surface area contributed by atoms with E-state index in [4.69, 9.17) is 9.84 Å². The Balaban J connectivity index is 2.72. The van der Waals surface area contributed by atoms with E-state index >= 15 is 0 Å². The van der Waals surface area contributed by atoms with E-state index in [9.17, 15) is 13.2 Å². The van der Waals surface area contributed by atoms with Gasteiger partial charge < -0.3 is 9.84 Å². The highest BCUT2D eigenvalue weighted by molar-refractivity contribution is 5.30. The number of aliphatic hydroxyl groups is 1. The van der Waals surface area contributed by atoms with E-state index in [1.165, 1.54) is 7.11 Å². The lowest BCUT2D eigenvalue weighted by Crippen LogP contribution is -2.33. The number of methoxy groups -OCH3 is 1. The van der Waals surface area contributed by atoms with Gasteiger partial charge >= 0.3 is 6.18 Å². The Kier molecular flexibility index (Phi) is 4.77. The Bertz CT molecular complexity index is 355. The minimum atomic E-state index is -4.30. The molecule has 0 spiro atoms. The summed E-state index contributed by atoms with van der Waals surface area (Å²) in [7, 11) is 1.47. The summed E-state index contributed by atoms with van der Waals surface area (Å²) < 4.78 is 41.1. The maximum Gasteiger partial charge on any atom is 0.401 e. The standard InChI is InChI=1S/C11H14F3NO2/c1-17-9-4-2-3-8(5-9)10(6-16)15-7-11(12,13)14/h2-5,10,15-16H,6-7H2,1H3. The van der Waals surface area contributed by atoms with Crippen molar-refractivity contribution < 1.29 is 23.0 Å². The van der Waals surface area contributed by atoms with Crippen molar-refractivity contribution in [1.29, 1.82) is 0 Å². The number of hydrogen-bond acceptors (Lipinski definition) is 3. The molecule has 1 unspecified atom stereocenters. The number of halogens is 3. The average Bonchev–Trinajstić information content (AvgIpc) is 2.29. The largest absolute Gasteiger partial charge is 0.497 e. The number of alkyl halides is 3. The molecule has 0 aliphatic rings. The molecule has 1 rings (SSSR count). The van der Waals surface area contributed by atoms with Gasteiger partial charge in [-0.1, -0.05) is 12.1 Å². The van der Waals surface area contributed by atoms with Crippen molar-refractivity contribution in [3.63, 3.8) is 0 Å². The van der Waals surface area contributed by atoms with E-state index < -0.39 is 25.4 Å². The van der Waals surface area contributed by atoms with Crippen molar-refractivity contribution in [2.24, 2.45) is 0 Å². The summed E-state index contributed by atoms with van der Waals surface area (Å²) in [6, 6.07) is 5.80. The Morgan fingerprint density at radius 3 is 2.65 bits per heavy atom. The molecule has 96 valence electrons. The Hall–Kier alpha value is -1.27. The molecule has 1 aromatic rings. The van der Waals surface area contributed by atoms with Crippen molar-refractivity contribution in [2.75, 3.05) is 20.3 Å². The summed E-state index contributed by atoms with van der Waals surface area (Å²) in [6.07, 6.45) is -4.30. The van der Waals surface area contributed by atoms with E-state index in [1.54, 1.807) is 24.3 Å². The molecule has 0 saturated carbocycles. The Labute approximate surface area is 97.2 Å². The van der Waals surface area contributed by atoms with Gasteiger partial charge in [0.1, 0.15) is 5.75 Å². The van der Waals surface area contributed by atoms with Crippen LogP contribution in [0.4, 0.5) is 13.2 Å². The van der Waals surface area contributed by atoms with Gasteiger partial charge in [-0.25, -0.2) is 0 Å². The molecular formula is C11H14F3NO2. The minimum Gasteiger partial charge on any atom is -0.497 e. The third-order valence-electron chi connectivity index (χ3n) is 2.23. The highest BCUT2D eigenvalue weighted by atomic mass is 19.4. The maximum absolute atomic E-state index is 12.0. The molecular weight excluding hydrogens is 235 g/mol. The molecule has 2 N–H and O–H groups in total. The van der Waals surface area contributed by atoms with Crippen molar-refractivity contribution >= 4 is 0 Å². The molecule has 1 aromatic carbocycles. The maximum atomic E-state index is 12.0. The van der Waals surface area contributed by atoms with Crippen LogP contribution in [0.1, 0.15) is 11.6 Å². The zero-order valence-electron chi connectivity index (χ0n) is 9.29. The fourth-order valence-corrected chi connectivity index (χ4v) is 1.39. The molecule has 6 heteroatoms. The van der Waals surface area contributed by atoms with Gasteiger partial charge in [-0.2, -0.15) is 13.2 Å². The summed E-state index contributed by atoms with van der Waals surface area (Å²) in [5, 5.41) is 11.3. The first-order valence-electron chi connectivity index (χ1n) is 5.01. The van der Waals surface area contributed by atoms with Crippen LogP contribution in [0.25, 0.3) is 0 Å². The summed E-state index contributed by atoms with van der Waals surface area (Å²) >= 11 is 0. The van der Waals surface area contributed by atoms with Gasteiger partial charge in [-0.3, -0.25) is 5.32 Å². The molecule has 0 aromatic heterocycles. The van der Waals surface area contributed by atoms with E-state index in [1.807, 2.05) is 0 Å². The van der Waals surface area contributed by atoms with Gasteiger partial charge in [-0.05, 0) is 17.7 Å². The first-order chi connectivity index (χ1) is 7.96. The number of hydrogen-bond donors (Lipinski definition) is 2. The lowest BCUT2D eigenvalue weighted by molar-refractivity contribution is -0.126. The van der Waals surface area contributed by atoms with Crippen LogP contribution in [0.5, 0.6) is 5.75 Å². The van der Waals surface area contributed by atoms with E-state index in [0.29, 0.717) is 11.3 Å². The van der Waals surface area contributed by atoms with Crippen LogP contribution in [0.2, 0.25) is 0 Å². The predicted molar refractivity (Wildman–Crippen MR) is 56.9 cm³/mol. The molecule has 0 saturated heterocycles. The minimum absolute atomic E-state index is 0.413. The van der Waals surface area contributed by atoms with Gasteiger partial charge in [0.05, 0.1) is 26.3 Å². The first kappa shape index (κ1) is 13.8. The summed E-state index contributed by atoms with van der Waals surface area (Å²) in [4.78, 5) is 0. The zero-order chi connectivity index (χ0) is 12.9. The topological polar surface area (TPSA) is 41.5 Å². The molecule has 0 fully saturated rings. The quantitative estimate of drug-likeness (QED) is 0.837. The second kappa shape index (κ2) is 5.88. The van der Waals surface area contributed by atoms with Crippen LogP contribution >= 0.6 is 0 Å². The smallest absolute Gasteiger partial charge is 0.401 e. The highest BCUT2D eigenvalue weighted by Crippen LogP contribution is 2.20. The van der Waals surface area contributed by atoms with Crippen molar-refractivity contribution in [3.8, 4) is 5.75 Å². The third-order valence-corrected chi connectivity index (χ3v) is 2.23. The number of rotatable bonds is 5. The fraction of sp³-hybridized carbons (Fsp3) is 0.455. The molecule has 0 heterocycles. The fourth-order valence-electron chi connectivity index (χ4n) is 1.39.